The van der Waals surface area contributed by atoms with E-state index in [9.17, 15) is 10.1 Å². The maximum Gasteiger partial charge on any atom is 0.174 e. The lowest BCUT2D eigenvalue weighted by Gasteiger charge is -2.11. The molecule has 5 rings (SSSR count). The van der Waals surface area contributed by atoms with Crippen LogP contribution < -0.4 is 0 Å². The minimum absolute atomic E-state index is 0.0786. The van der Waals surface area contributed by atoms with E-state index < -0.39 is 0 Å². The van der Waals surface area contributed by atoms with Crippen LogP contribution in [0, 0.1) is 32.1 Å². The van der Waals surface area contributed by atoms with Crippen molar-refractivity contribution in [1.29, 1.82) is 5.26 Å². The molecule has 0 saturated carbocycles. The van der Waals surface area contributed by atoms with Gasteiger partial charge in [-0.3, -0.25) is 9.20 Å². The number of hydrogen-bond donors (Lipinski definition) is 0. The van der Waals surface area contributed by atoms with Crippen LogP contribution in [-0.4, -0.2) is 25.5 Å². The molecule has 0 aliphatic carbocycles. The number of hydrogen-bond acceptors (Lipinski definition) is 4. The predicted molar refractivity (Wildman–Crippen MR) is 132 cm³/mol. The minimum Gasteiger partial charge on any atom is -0.318 e. The number of aryl methyl sites for hydroxylation is 2. The van der Waals surface area contributed by atoms with Gasteiger partial charge in [0.2, 0.25) is 0 Å². The van der Waals surface area contributed by atoms with E-state index in [1.807, 2.05) is 91.9 Å². The number of carbonyl (C=O) groups is 1. The molecule has 3 aromatic heterocycles. The number of thioether (sulfide) groups is 1. The van der Waals surface area contributed by atoms with Crippen molar-refractivity contribution in [3.8, 4) is 11.8 Å². The third kappa shape index (κ3) is 3.51. The Kier molecular flexibility index (Phi) is 5.27. The first-order valence-corrected chi connectivity index (χ1v) is 11.7. The summed E-state index contributed by atoms with van der Waals surface area (Å²) in [6, 6.07) is 24.1. The Morgan fingerprint density at radius 1 is 1.03 bits per heavy atom. The van der Waals surface area contributed by atoms with Crippen molar-refractivity contribution >= 4 is 34.2 Å². The highest BCUT2D eigenvalue weighted by Crippen LogP contribution is 2.30. The van der Waals surface area contributed by atoms with Crippen molar-refractivity contribution in [3.63, 3.8) is 0 Å². The molecule has 0 unspecified atom stereocenters. The SMILES string of the molecule is Cc1cc(SCC(=O)c2cc(C)n(-c3ccccc3)c2C)n2c(nc3ccccc32)c1C#N. The normalized spacial score (nSPS) is 11.2. The molecule has 0 spiro atoms. The molecular formula is C27H22N4OS. The third-order valence-corrected chi connectivity index (χ3v) is 6.95. The van der Waals surface area contributed by atoms with Crippen molar-refractivity contribution in [2.24, 2.45) is 0 Å². The lowest BCUT2D eigenvalue weighted by Crippen LogP contribution is -2.06. The highest BCUT2D eigenvalue weighted by atomic mass is 32.2. The van der Waals surface area contributed by atoms with Gasteiger partial charge in [0.15, 0.2) is 11.4 Å². The third-order valence-electron chi connectivity index (χ3n) is 5.95. The Balaban J connectivity index is 1.51. The highest BCUT2D eigenvalue weighted by molar-refractivity contribution is 8.00. The average Bonchev–Trinajstić information content (AvgIpc) is 3.35. The first-order valence-electron chi connectivity index (χ1n) is 10.7. The Morgan fingerprint density at radius 2 is 1.76 bits per heavy atom. The fraction of sp³-hybridized carbons (Fsp3) is 0.148. The van der Waals surface area contributed by atoms with Crippen LogP contribution in [0.15, 0.2) is 71.8 Å². The number of carbonyl (C=O) groups excluding carboxylic acids is 1. The van der Waals surface area contributed by atoms with Gasteiger partial charge in [-0.05, 0) is 62.7 Å². The molecule has 0 saturated heterocycles. The summed E-state index contributed by atoms with van der Waals surface area (Å²) in [6.45, 7) is 5.93. The smallest absolute Gasteiger partial charge is 0.174 e. The van der Waals surface area contributed by atoms with Gasteiger partial charge in [0.25, 0.3) is 0 Å². The van der Waals surface area contributed by atoms with E-state index in [0.717, 1.165) is 44.3 Å². The fourth-order valence-corrected chi connectivity index (χ4v) is 5.40. The summed E-state index contributed by atoms with van der Waals surface area (Å²) in [6.07, 6.45) is 0. The summed E-state index contributed by atoms with van der Waals surface area (Å²) in [5.74, 6) is 0.376. The second-order valence-electron chi connectivity index (χ2n) is 8.08. The van der Waals surface area contributed by atoms with E-state index in [1.54, 1.807) is 0 Å². The van der Waals surface area contributed by atoms with E-state index in [2.05, 4.69) is 10.6 Å². The predicted octanol–water partition coefficient (Wildman–Crippen LogP) is 6.05. The molecule has 33 heavy (non-hydrogen) atoms. The Bertz CT molecular complexity index is 1570. The molecule has 0 amide bonds. The highest BCUT2D eigenvalue weighted by Gasteiger charge is 2.19. The molecule has 3 heterocycles. The molecular weight excluding hydrogens is 428 g/mol. The first-order chi connectivity index (χ1) is 16.0. The van der Waals surface area contributed by atoms with Crippen LogP contribution in [0.25, 0.3) is 22.4 Å². The number of pyridine rings is 1. The van der Waals surface area contributed by atoms with Crippen molar-refractivity contribution < 1.29 is 4.79 Å². The standard InChI is InChI=1S/C27H22N4OS/c1-17-13-26(31-24-12-8-7-11-23(24)29-27(31)22(17)15-28)33-16-25(32)21-14-18(2)30(19(21)3)20-9-5-4-6-10-20/h4-14H,16H2,1-3H3. The average molecular weight is 451 g/mol. The maximum absolute atomic E-state index is 13.3. The van der Waals surface area contributed by atoms with Crippen LogP contribution >= 0.6 is 11.8 Å². The quantitative estimate of drug-likeness (QED) is 0.242. The van der Waals surface area contributed by atoms with Crippen LogP contribution in [0.3, 0.4) is 0 Å². The number of fused-ring (bicyclic) bond motifs is 3. The zero-order valence-corrected chi connectivity index (χ0v) is 19.5. The molecule has 0 N–H and O–H groups in total. The second-order valence-corrected chi connectivity index (χ2v) is 9.08. The number of aromatic nitrogens is 3. The molecule has 2 aromatic carbocycles. The number of ketones is 1. The van der Waals surface area contributed by atoms with Crippen LogP contribution in [0.5, 0.6) is 0 Å². The fourth-order valence-electron chi connectivity index (χ4n) is 4.40. The van der Waals surface area contributed by atoms with Crippen LogP contribution in [-0.2, 0) is 0 Å². The molecule has 162 valence electrons. The van der Waals surface area contributed by atoms with Crippen LogP contribution in [0.1, 0.15) is 32.9 Å². The minimum atomic E-state index is 0.0786. The summed E-state index contributed by atoms with van der Waals surface area (Å²) in [7, 11) is 0. The van der Waals surface area contributed by atoms with Gasteiger partial charge in [-0.25, -0.2) is 4.98 Å². The van der Waals surface area contributed by atoms with Gasteiger partial charge in [-0.2, -0.15) is 5.26 Å². The van der Waals surface area contributed by atoms with Crippen molar-refractivity contribution in [2.75, 3.05) is 5.75 Å². The molecule has 0 bridgehead atoms. The zero-order chi connectivity index (χ0) is 23.1. The Labute approximate surface area is 196 Å². The van der Waals surface area contributed by atoms with Gasteiger partial charge in [-0.1, -0.05) is 42.1 Å². The number of para-hydroxylation sites is 3. The van der Waals surface area contributed by atoms with Crippen molar-refractivity contribution in [2.45, 2.75) is 25.8 Å². The molecule has 0 aliphatic rings. The van der Waals surface area contributed by atoms with E-state index in [1.165, 1.54) is 11.8 Å². The molecule has 0 atom stereocenters. The molecule has 0 aliphatic heterocycles. The van der Waals surface area contributed by atoms with E-state index in [0.29, 0.717) is 17.0 Å². The largest absolute Gasteiger partial charge is 0.318 e. The van der Waals surface area contributed by atoms with Crippen molar-refractivity contribution in [3.05, 3.63) is 94.8 Å². The Hall–Kier alpha value is -3.82. The summed E-state index contributed by atoms with van der Waals surface area (Å²) in [4.78, 5) is 18.0. The number of benzene rings is 2. The van der Waals surface area contributed by atoms with Crippen LogP contribution in [0.2, 0.25) is 0 Å². The summed E-state index contributed by atoms with van der Waals surface area (Å²) in [5.41, 5.74) is 7.58. The number of nitriles is 1. The van der Waals surface area contributed by atoms with Gasteiger partial charge in [0.1, 0.15) is 6.07 Å². The number of Topliss-reactive ketones (excluding diaryl/α,β-unsaturated/α-hetero) is 1. The topological polar surface area (TPSA) is 63.1 Å². The number of rotatable bonds is 5. The lowest BCUT2D eigenvalue weighted by atomic mass is 10.2. The number of nitrogens with zero attached hydrogens (tertiary/aromatic N) is 4. The monoisotopic (exact) mass is 450 g/mol. The lowest BCUT2D eigenvalue weighted by molar-refractivity contribution is 0.102. The van der Waals surface area contributed by atoms with Gasteiger partial charge in [0.05, 0.1) is 27.4 Å². The molecule has 5 nitrogen and oxygen atoms in total. The van der Waals surface area contributed by atoms with Gasteiger partial charge in [-0.15, -0.1) is 0 Å². The molecule has 0 fully saturated rings. The molecule has 5 aromatic rings. The summed E-state index contributed by atoms with van der Waals surface area (Å²) < 4.78 is 4.11. The van der Waals surface area contributed by atoms with E-state index in [4.69, 9.17) is 4.98 Å². The van der Waals surface area contributed by atoms with Gasteiger partial charge in [0, 0.05) is 22.6 Å². The first kappa shape index (κ1) is 21.0. The van der Waals surface area contributed by atoms with E-state index in [-0.39, 0.29) is 5.78 Å². The second kappa shape index (κ2) is 8.27. The number of imidazole rings is 1. The van der Waals surface area contributed by atoms with Crippen molar-refractivity contribution in [1.82, 2.24) is 14.0 Å². The van der Waals surface area contributed by atoms with Gasteiger partial charge >= 0.3 is 0 Å². The van der Waals surface area contributed by atoms with E-state index >= 15 is 0 Å². The maximum atomic E-state index is 13.3. The van der Waals surface area contributed by atoms with Gasteiger partial charge < -0.3 is 4.57 Å². The Morgan fingerprint density at radius 3 is 2.52 bits per heavy atom. The molecule has 6 heteroatoms. The summed E-state index contributed by atoms with van der Waals surface area (Å²) >= 11 is 1.48. The summed E-state index contributed by atoms with van der Waals surface area (Å²) in [5, 5.41) is 10.6. The zero-order valence-electron chi connectivity index (χ0n) is 18.7. The molecule has 0 radical (unpaired) electrons. The van der Waals surface area contributed by atoms with Crippen LogP contribution in [0.4, 0.5) is 0 Å².